The first-order chi connectivity index (χ1) is 12.7. The molecule has 0 radical (unpaired) electrons. The lowest BCUT2D eigenvalue weighted by Gasteiger charge is -2.31. The molecular formula is C20H30N2O4S. The quantitative estimate of drug-likeness (QED) is 0.762. The van der Waals surface area contributed by atoms with Crippen molar-refractivity contribution in [3.8, 4) is 0 Å². The number of carbonyl (C=O) groups excluding carboxylic acids is 1. The number of amides is 1. The highest BCUT2D eigenvalue weighted by atomic mass is 32.2. The van der Waals surface area contributed by atoms with E-state index in [9.17, 15) is 13.2 Å². The number of hydrogen-bond acceptors (Lipinski definition) is 5. The molecule has 0 bridgehead atoms. The standard InChI is InChI=1S/C20H30N2O4S/c1-16(2)11-22-14-20(10-19(22)23)13-21(8-9-26-15-20)12-17-4-6-18(7-5-17)27(3,24)25/h4-7,16H,8-15H2,1-3H3. The van der Waals surface area contributed by atoms with Gasteiger partial charge in [0.05, 0.1) is 18.1 Å². The highest BCUT2D eigenvalue weighted by molar-refractivity contribution is 7.90. The minimum atomic E-state index is -3.18. The fourth-order valence-electron chi connectivity index (χ4n) is 4.11. The van der Waals surface area contributed by atoms with E-state index in [0.29, 0.717) is 30.4 Å². The van der Waals surface area contributed by atoms with Crippen LogP contribution in [0.5, 0.6) is 0 Å². The summed E-state index contributed by atoms with van der Waals surface area (Å²) in [4.78, 5) is 17.1. The first-order valence-electron chi connectivity index (χ1n) is 9.54. The van der Waals surface area contributed by atoms with E-state index in [1.165, 1.54) is 6.26 Å². The van der Waals surface area contributed by atoms with Gasteiger partial charge in [0, 0.05) is 50.8 Å². The molecule has 27 heavy (non-hydrogen) atoms. The van der Waals surface area contributed by atoms with E-state index in [1.807, 2.05) is 17.0 Å². The first-order valence-corrected chi connectivity index (χ1v) is 11.4. The zero-order valence-corrected chi connectivity index (χ0v) is 17.3. The second kappa shape index (κ2) is 7.89. The van der Waals surface area contributed by atoms with Crippen molar-refractivity contribution in [1.29, 1.82) is 0 Å². The molecule has 0 N–H and O–H groups in total. The highest BCUT2D eigenvalue weighted by Crippen LogP contribution is 2.35. The lowest BCUT2D eigenvalue weighted by atomic mass is 9.87. The minimum Gasteiger partial charge on any atom is -0.379 e. The average molecular weight is 395 g/mol. The lowest BCUT2D eigenvalue weighted by molar-refractivity contribution is -0.128. The number of sulfone groups is 1. The molecule has 2 heterocycles. The maximum atomic E-state index is 12.5. The van der Waals surface area contributed by atoms with Crippen LogP contribution in [0.1, 0.15) is 25.8 Å². The van der Waals surface area contributed by atoms with Crippen LogP contribution < -0.4 is 0 Å². The van der Waals surface area contributed by atoms with Crippen molar-refractivity contribution in [2.24, 2.45) is 11.3 Å². The van der Waals surface area contributed by atoms with Gasteiger partial charge < -0.3 is 9.64 Å². The molecule has 1 spiro atoms. The van der Waals surface area contributed by atoms with Crippen molar-refractivity contribution >= 4 is 15.7 Å². The van der Waals surface area contributed by atoms with Gasteiger partial charge in [0.25, 0.3) is 0 Å². The van der Waals surface area contributed by atoms with Crippen molar-refractivity contribution in [2.45, 2.75) is 31.7 Å². The van der Waals surface area contributed by atoms with Gasteiger partial charge in [0.15, 0.2) is 9.84 Å². The molecule has 2 saturated heterocycles. The molecule has 1 aromatic rings. The van der Waals surface area contributed by atoms with Gasteiger partial charge in [0.1, 0.15) is 0 Å². The van der Waals surface area contributed by atoms with Crippen LogP contribution >= 0.6 is 0 Å². The van der Waals surface area contributed by atoms with E-state index in [-0.39, 0.29) is 11.3 Å². The van der Waals surface area contributed by atoms with Crippen LogP contribution in [-0.4, -0.2) is 69.8 Å². The maximum absolute atomic E-state index is 12.5. The van der Waals surface area contributed by atoms with E-state index < -0.39 is 9.84 Å². The zero-order chi connectivity index (χ0) is 19.7. The van der Waals surface area contributed by atoms with Crippen molar-refractivity contribution in [3.63, 3.8) is 0 Å². The van der Waals surface area contributed by atoms with Gasteiger partial charge in [-0.05, 0) is 23.6 Å². The number of hydrogen-bond donors (Lipinski definition) is 0. The van der Waals surface area contributed by atoms with E-state index in [2.05, 4.69) is 18.7 Å². The van der Waals surface area contributed by atoms with E-state index >= 15 is 0 Å². The SMILES string of the molecule is CC(C)CN1CC2(COCCN(Cc3ccc(S(C)(=O)=O)cc3)C2)CC1=O. The van der Waals surface area contributed by atoms with Gasteiger partial charge in [-0.15, -0.1) is 0 Å². The summed E-state index contributed by atoms with van der Waals surface area (Å²) in [6.07, 6.45) is 1.77. The third-order valence-corrected chi connectivity index (χ3v) is 6.40. The Kier molecular flexibility index (Phi) is 5.93. The Morgan fingerprint density at radius 3 is 2.52 bits per heavy atom. The predicted molar refractivity (Wildman–Crippen MR) is 104 cm³/mol. The second-order valence-corrected chi connectivity index (χ2v) is 10.5. The zero-order valence-electron chi connectivity index (χ0n) is 16.5. The summed E-state index contributed by atoms with van der Waals surface area (Å²) in [6.45, 7) is 9.46. The van der Waals surface area contributed by atoms with E-state index in [4.69, 9.17) is 4.74 Å². The van der Waals surface area contributed by atoms with Crippen molar-refractivity contribution in [1.82, 2.24) is 9.80 Å². The van der Waals surface area contributed by atoms with Crippen LogP contribution in [0.3, 0.4) is 0 Å². The molecule has 2 fully saturated rings. The van der Waals surface area contributed by atoms with Gasteiger partial charge in [-0.2, -0.15) is 0 Å². The molecule has 7 heteroatoms. The number of benzene rings is 1. The Balaban J connectivity index is 1.69. The molecule has 2 aliphatic heterocycles. The maximum Gasteiger partial charge on any atom is 0.223 e. The molecule has 1 unspecified atom stereocenters. The molecule has 0 aliphatic carbocycles. The number of nitrogens with zero attached hydrogens (tertiary/aromatic N) is 2. The van der Waals surface area contributed by atoms with Gasteiger partial charge in [-0.1, -0.05) is 26.0 Å². The molecule has 0 aromatic heterocycles. The summed E-state index contributed by atoms with van der Waals surface area (Å²) in [6, 6.07) is 7.08. The van der Waals surface area contributed by atoms with E-state index in [1.54, 1.807) is 12.1 Å². The number of rotatable bonds is 5. The third kappa shape index (κ3) is 5.09. The van der Waals surface area contributed by atoms with Crippen LogP contribution in [0.25, 0.3) is 0 Å². The monoisotopic (exact) mass is 394 g/mol. The fourth-order valence-corrected chi connectivity index (χ4v) is 4.74. The number of ether oxygens (including phenoxy) is 1. The molecular weight excluding hydrogens is 364 g/mol. The van der Waals surface area contributed by atoms with E-state index in [0.717, 1.165) is 38.3 Å². The smallest absolute Gasteiger partial charge is 0.223 e. The molecule has 150 valence electrons. The molecule has 2 aliphatic rings. The van der Waals surface area contributed by atoms with Crippen LogP contribution in [0.4, 0.5) is 0 Å². The van der Waals surface area contributed by atoms with Crippen molar-refractivity contribution in [3.05, 3.63) is 29.8 Å². The predicted octanol–water partition coefficient (Wildman–Crippen LogP) is 1.80. The normalized spacial score (nSPS) is 24.7. The van der Waals surface area contributed by atoms with Gasteiger partial charge in [-0.3, -0.25) is 9.69 Å². The van der Waals surface area contributed by atoms with Gasteiger partial charge in [-0.25, -0.2) is 8.42 Å². The summed E-state index contributed by atoms with van der Waals surface area (Å²) < 4.78 is 29.1. The molecule has 1 amide bonds. The molecule has 1 aromatic carbocycles. The summed E-state index contributed by atoms with van der Waals surface area (Å²) >= 11 is 0. The summed E-state index contributed by atoms with van der Waals surface area (Å²) in [5, 5.41) is 0. The highest BCUT2D eigenvalue weighted by Gasteiger charge is 2.45. The Morgan fingerprint density at radius 2 is 1.89 bits per heavy atom. The molecule has 6 nitrogen and oxygen atoms in total. The first kappa shape index (κ1) is 20.3. The molecule has 0 saturated carbocycles. The Bertz CT molecular complexity index is 776. The summed E-state index contributed by atoms with van der Waals surface area (Å²) in [5.74, 6) is 0.687. The molecule has 1 atom stereocenters. The number of likely N-dealkylation sites (tertiary alicyclic amines) is 1. The van der Waals surface area contributed by atoms with Crippen molar-refractivity contribution in [2.75, 3.05) is 45.6 Å². The Labute approximate surface area is 162 Å². The van der Waals surface area contributed by atoms with Crippen LogP contribution in [-0.2, 0) is 25.9 Å². The van der Waals surface area contributed by atoms with Crippen molar-refractivity contribution < 1.29 is 17.9 Å². The second-order valence-electron chi connectivity index (χ2n) is 8.52. The summed E-state index contributed by atoms with van der Waals surface area (Å²) in [5.41, 5.74) is 0.928. The fraction of sp³-hybridized carbons (Fsp3) is 0.650. The minimum absolute atomic E-state index is 0.144. The third-order valence-electron chi connectivity index (χ3n) is 5.27. The van der Waals surface area contributed by atoms with Crippen LogP contribution in [0.15, 0.2) is 29.2 Å². The Morgan fingerprint density at radius 1 is 1.19 bits per heavy atom. The topological polar surface area (TPSA) is 66.9 Å². The number of carbonyl (C=O) groups is 1. The largest absolute Gasteiger partial charge is 0.379 e. The lowest BCUT2D eigenvalue weighted by Crippen LogP contribution is -2.41. The summed E-state index contributed by atoms with van der Waals surface area (Å²) in [7, 11) is -3.18. The van der Waals surface area contributed by atoms with Gasteiger partial charge in [0.2, 0.25) is 5.91 Å². The Hall–Kier alpha value is -1.44. The molecule has 3 rings (SSSR count). The average Bonchev–Trinajstić information content (AvgIpc) is 2.74. The van der Waals surface area contributed by atoms with Gasteiger partial charge >= 0.3 is 0 Å². The van der Waals surface area contributed by atoms with Crippen LogP contribution in [0, 0.1) is 11.3 Å². The van der Waals surface area contributed by atoms with Crippen LogP contribution in [0.2, 0.25) is 0 Å².